The zero-order valence-electron chi connectivity index (χ0n) is 9.50. The third-order valence-corrected chi connectivity index (χ3v) is 3.12. The van der Waals surface area contributed by atoms with E-state index < -0.39 is 12.0 Å². The summed E-state index contributed by atoms with van der Waals surface area (Å²) in [5.74, 6) is -0.582. The van der Waals surface area contributed by atoms with E-state index in [0.29, 0.717) is 16.3 Å². The van der Waals surface area contributed by atoms with Crippen LogP contribution < -0.4 is 0 Å². The van der Waals surface area contributed by atoms with Crippen LogP contribution in [0, 0.1) is 5.95 Å². The van der Waals surface area contributed by atoms with Gasteiger partial charge < -0.3 is 10.0 Å². The molecule has 0 bridgehead atoms. The first-order valence-corrected chi connectivity index (χ1v) is 5.95. The van der Waals surface area contributed by atoms with Crippen molar-refractivity contribution in [2.75, 3.05) is 7.05 Å². The third-order valence-electron chi connectivity index (χ3n) is 2.29. The number of nitrogens with zero attached hydrogens (tertiary/aromatic N) is 3. The Labute approximate surface area is 107 Å². The molecule has 0 radical (unpaired) electrons. The van der Waals surface area contributed by atoms with E-state index in [9.17, 15) is 9.18 Å². The van der Waals surface area contributed by atoms with Crippen LogP contribution in [0.3, 0.4) is 0 Å². The summed E-state index contributed by atoms with van der Waals surface area (Å²) in [5, 5.41) is 11.0. The van der Waals surface area contributed by atoms with Crippen molar-refractivity contribution in [1.82, 2.24) is 14.9 Å². The molecule has 0 fully saturated rings. The van der Waals surface area contributed by atoms with Gasteiger partial charge in [0.2, 0.25) is 5.95 Å². The van der Waals surface area contributed by atoms with Gasteiger partial charge in [0.05, 0.1) is 17.8 Å². The number of carbonyl (C=O) groups is 1. The lowest BCUT2D eigenvalue weighted by Gasteiger charge is -2.09. The Hall–Kier alpha value is -2.02. The smallest absolute Gasteiger partial charge is 0.407 e. The first-order valence-electron chi connectivity index (χ1n) is 5.07. The minimum Gasteiger partial charge on any atom is -0.465 e. The number of carboxylic acid groups (broad SMARTS) is 1. The van der Waals surface area contributed by atoms with Crippen LogP contribution in [0.25, 0.3) is 11.3 Å². The van der Waals surface area contributed by atoms with E-state index in [1.54, 1.807) is 17.5 Å². The second-order valence-electron chi connectivity index (χ2n) is 3.61. The summed E-state index contributed by atoms with van der Waals surface area (Å²) in [5.41, 5.74) is 0.789. The highest BCUT2D eigenvalue weighted by Crippen LogP contribution is 2.23. The van der Waals surface area contributed by atoms with Crippen molar-refractivity contribution in [2.45, 2.75) is 6.54 Å². The zero-order valence-corrected chi connectivity index (χ0v) is 10.3. The van der Waals surface area contributed by atoms with Gasteiger partial charge in [0, 0.05) is 18.6 Å². The monoisotopic (exact) mass is 267 g/mol. The van der Waals surface area contributed by atoms with Crippen molar-refractivity contribution in [3.63, 3.8) is 0 Å². The van der Waals surface area contributed by atoms with E-state index in [1.807, 2.05) is 0 Å². The van der Waals surface area contributed by atoms with E-state index >= 15 is 0 Å². The maximum atomic E-state index is 13.4. The molecule has 2 aromatic heterocycles. The molecule has 7 heteroatoms. The van der Waals surface area contributed by atoms with E-state index in [4.69, 9.17) is 5.11 Å². The second kappa shape index (κ2) is 5.09. The van der Waals surface area contributed by atoms with Crippen LogP contribution in [0.2, 0.25) is 0 Å². The average Bonchev–Trinajstić information content (AvgIpc) is 2.77. The standard InChI is InChI=1S/C11H10FN3O2S/c1-15(11(16)17)5-9-14-8(6-18-9)7-3-2-4-13-10(7)12/h2-4,6H,5H2,1H3,(H,16,17). The number of aromatic nitrogens is 2. The molecule has 18 heavy (non-hydrogen) atoms. The van der Waals surface area contributed by atoms with Gasteiger partial charge in [-0.3, -0.25) is 0 Å². The molecule has 0 spiro atoms. The van der Waals surface area contributed by atoms with Gasteiger partial charge in [-0.25, -0.2) is 14.8 Å². The molecule has 2 heterocycles. The minimum absolute atomic E-state index is 0.182. The molecule has 0 unspecified atom stereocenters. The van der Waals surface area contributed by atoms with Gasteiger partial charge in [-0.15, -0.1) is 11.3 Å². The molecule has 0 aliphatic carbocycles. The minimum atomic E-state index is -1.03. The van der Waals surface area contributed by atoms with Crippen LogP contribution >= 0.6 is 11.3 Å². The van der Waals surface area contributed by atoms with Gasteiger partial charge >= 0.3 is 6.09 Å². The summed E-state index contributed by atoms with van der Waals surface area (Å²) >= 11 is 1.29. The SMILES string of the molecule is CN(Cc1nc(-c2cccnc2F)cs1)C(=O)O. The van der Waals surface area contributed by atoms with Crippen LogP contribution in [0.4, 0.5) is 9.18 Å². The number of pyridine rings is 1. The molecule has 5 nitrogen and oxygen atoms in total. The van der Waals surface area contributed by atoms with E-state index in [1.165, 1.54) is 24.6 Å². The number of halogens is 1. The van der Waals surface area contributed by atoms with Gasteiger partial charge in [0.25, 0.3) is 0 Å². The summed E-state index contributed by atoms with van der Waals surface area (Å²) in [4.78, 5) is 19.5. The molecule has 0 aliphatic rings. The Morgan fingerprint density at radius 2 is 2.39 bits per heavy atom. The third kappa shape index (κ3) is 2.62. The van der Waals surface area contributed by atoms with E-state index in [-0.39, 0.29) is 6.54 Å². The summed E-state index contributed by atoms with van der Waals surface area (Å²) in [6, 6.07) is 3.21. The molecule has 94 valence electrons. The fourth-order valence-corrected chi connectivity index (χ4v) is 2.20. The number of hydrogen-bond acceptors (Lipinski definition) is 4. The largest absolute Gasteiger partial charge is 0.465 e. The number of amides is 1. The molecule has 1 N–H and O–H groups in total. The van der Waals surface area contributed by atoms with Crippen molar-refractivity contribution < 1.29 is 14.3 Å². The first-order chi connectivity index (χ1) is 8.58. The highest BCUT2D eigenvalue weighted by molar-refractivity contribution is 7.09. The highest BCUT2D eigenvalue weighted by atomic mass is 32.1. The first kappa shape index (κ1) is 12.4. The summed E-state index contributed by atoms with van der Waals surface area (Å²) in [6.45, 7) is 0.182. The van der Waals surface area contributed by atoms with Crippen LogP contribution in [0.1, 0.15) is 5.01 Å². The van der Waals surface area contributed by atoms with Gasteiger partial charge in [0.15, 0.2) is 0 Å². The molecular weight excluding hydrogens is 257 g/mol. The van der Waals surface area contributed by atoms with E-state index in [0.717, 1.165) is 4.90 Å². The Kier molecular flexibility index (Phi) is 3.52. The summed E-state index contributed by atoms with van der Waals surface area (Å²) < 4.78 is 13.4. The van der Waals surface area contributed by atoms with Crippen LogP contribution in [-0.4, -0.2) is 33.1 Å². The van der Waals surface area contributed by atoms with E-state index in [2.05, 4.69) is 9.97 Å². The summed E-state index contributed by atoms with van der Waals surface area (Å²) in [7, 11) is 1.45. The molecule has 0 aromatic carbocycles. The molecule has 2 aromatic rings. The predicted octanol–water partition coefficient (Wildman–Crippen LogP) is 2.45. The van der Waals surface area contributed by atoms with Gasteiger partial charge in [-0.05, 0) is 12.1 Å². The van der Waals surface area contributed by atoms with Crippen molar-refractivity contribution >= 4 is 17.4 Å². The van der Waals surface area contributed by atoms with Crippen molar-refractivity contribution in [3.05, 3.63) is 34.7 Å². The Balaban J connectivity index is 2.21. The lowest BCUT2D eigenvalue weighted by Crippen LogP contribution is -2.23. The van der Waals surface area contributed by atoms with Crippen molar-refractivity contribution in [3.8, 4) is 11.3 Å². The molecular formula is C11H10FN3O2S. The lowest BCUT2D eigenvalue weighted by atomic mass is 10.2. The van der Waals surface area contributed by atoms with Gasteiger partial charge in [-0.2, -0.15) is 4.39 Å². The fraction of sp³-hybridized carbons (Fsp3) is 0.182. The van der Waals surface area contributed by atoms with Crippen LogP contribution in [-0.2, 0) is 6.54 Å². The Bertz CT molecular complexity index is 573. The van der Waals surface area contributed by atoms with Crippen LogP contribution in [0.5, 0.6) is 0 Å². The number of hydrogen-bond donors (Lipinski definition) is 1. The Morgan fingerprint density at radius 1 is 1.61 bits per heavy atom. The quantitative estimate of drug-likeness (QED) is 0.867. The fourth-order valence-electron chi connectivity index (χ4n) is 1.35. The highest BCUT2D eigenvalue weighted by Gasteiger charge is 2.12. The molecule has 2 rings (SSSR count). The summed E-state index contributed by atoms with van der Waals surface area (Å²) in [6.07, 6.45) is 0.337. The maximum absolute atomic E-state index is 13.4. The molecule has 0 saturated carbocycles. The van der Waals surface area contributed by atoms with Crippen LogP contribution in [0.15, 0.2) is 23.7 Å². The van der Waals surface area contributed by atoms with Crippen molar-refractivity contribution in [2.24, 2.45) is 0 Å². The second-order valence-corrected chi connectivity index (χ2v) is 4.55. The maximum Gasteiger partial charge on any atom is 0.407 e. The van der Waals surface area contributed by atoms with Gasteiger partial charge in [-0.1, -0.05) is 0 Å². The number of thiazole rings is 1. The average molecular weight is 267 g/mol. The number of rotatable bonds is 3. The Morgan fingerprint density at radius 3 is 3.06 bits per heavy atom. The molecule has 1 amide bonds. The van der Waals surface area contributed by atoms with Gasteiger partial charge in [0.1, 0.15) is 5.01 Å². The molecule has 0 atom stereocenters. The normalized spacial score (nSPS) is 10.3. The molecule has 0 aliphatic heterocycles. The predicted molar refractivity (Wildman–Crippen MR) is 64.8 cm³/mol. The lowest BCUT2D eigenvalue weighted by molar-refractivity contribution is 0.153. The molecule has 0 saturated heterocycles. The zero-order chi connectivity index (χ0) is 13.1. The topological polar surface area (TPSA) is 66.3 Å². The van der Waals surface area contributed by atoms with Crippen molar-refractivity contribution in [1.29, 1.82) is 0 Å².